The highest BCUT2D eigenvalue weighted by Crippen LogP contribution is 2.31. The number of alkyl carbamates (subject to hydrolysis) is 1. The number of amides is 1. The Morgan fingerprint density at radius 2 is 1.88 bits per heavy atom. The van der Waals surface area contributed by atoms with Gasteiger partial charge in [-0.15, -0.1) is 0 Å². The van der Waals surface area contributed by atoms with Gasteiger partial charge in [0.1, 0.15) is 23.9 Å². The summed E-state index contributed by atoms with van der Waals surface area (Å²) < 4.78 is 16.3. The number of hydrogen-bond acceptors (Lipinski definition) is 4. The summed E-state index contributed by atoms with van der Waals surface area (Å²) in [5, 5.41) is 3.06. The van der Waals surface area contributed by atoms with Crippen LogP contribution in [0.5, 0.6) is 17.2 Å². The lowest BCUT2D eigenvalue weighted by molar-refractivity contribution is 0.131. The van der Waals surface area contributed by atoms with Crippen LogP contribution in [0, 0.1) is 5.92 Å². The molecule has 0 saturated heterocycles. The molecule has 0 fully saturated rings. The number of rotatable bonds is 8. The first-order chi connectivity index (χ1) is 12.0. The van der Waals surface area contributed by atoms with E-state index >= 15 is 0 Å². The van der Waals surface area contributed by atoms with Crippen LogP contribution in [0.3, 0.4) is 0 Å². The Labute approximate surface area is 152 Å². The Hall–Kier alpha value is -2.40. The third-order valence-electron chi connectivity index (χ3n) is 3.06. The molecule has 5 nitrogen and oxygen atoms in total. The fraction of sp³-hybridized carbons (Fsp3) is 0.316. The molecular weight excluding hydrogens is 342 g/mol. The number of halogens is 1. The van der Waals surface area contributed by atoms with Crippen LogP contribution in [0.25, 0.3) is 0 Å². The average Bonchev–Trinajstić information content (AvgIpc) is 2.59. The highest BCUT2D eigenvalue weighted by Gasteiger charge is 2.06. The maximum atomic E-state index is 11.4. The first-order valence-corrected chi connectivity index (χ1v) is 8.48. The van der Waals surface area contributed by atoms with Crippen LogP contribution in [0.2, 0.25) is 5.02 Å². The van der Waals surface area contributed by atoms with Gasteiger partial charge in [0.05, 0.1) is 18.2 Å². The van der Waals surface area contributed by atoms with Crippen LogP contribution in [0.4, 0.5) is 4.79 Å². The monoisotopic (exact) mass is 363 g/mol. The molecule has 0 saturated carbocycles. The van der Waals surface area contributed by atoms with Crippen molar-refractivity contribution in [2.75, 3.05) is 19.8 Å². The summed E-state index contributed by atoms with van der Waals surface area (Å²) in [7, 11) is 0. The maximum Gasteiger partial charge on any atom is 0.407 e. The summed E-state index contributed by atoms with van der Waals surface area (Å²) in [6.45, 7) is 4.96. The van der Waals surface area contributed by atoms with E-state index in [1.54, 1.807) is 18.2 Å². The van der Waals surface area contributed by atoms with Crippen LogP contribution < -0.4 is 14.8 Å². The lowest BCUT2D eigenvalue weighted by atomic mass is 10.2. The number of benzene rings is 2. The van der Waals surface area contributed by atoms with E-state index in [1.807, 2.05) is 44.2 Å². The Morgan fingerprint density at radius 3 is 2.56 bits per heavy atom. The molecule has 0 aromatic heterocycles. The molecule has 0 unspecified atom stereocenters. The van der Waals surface area contributed by atoms with Crippen LogP contribution in [0.15, 0.2) is 48.5 Å². The molecule has 0 aliphatic rings. The fourth-order valence-corrected chi connectivity index (χ4v) is 2.12. The van der Waals surface area contributed by atoms with Crippen molar-refractivity contribution in [2.45, 2.75) is 13.8 Å². The average molecular weight is 364 g/mol. The van der Waals surface area contributed by atoms with Gasteiger partial charge in [-0.1, -0.05) is 43.6 Å². The van der Waals surface area contributed by atoms with Gasteiger partial charge < -0.3 is 19.5 Å². The van der Waals surface area contributed by atoms with Crippen molar-refractivity contribution in [1.82, 2.24) is 5.32 Å². The van der Waals surface area contributed by atoms with Crippen molar-refractivity contribution in [2.24, 2.45) is 5.92 Å². The minimum Gasteiger partial charge on any atom is -0.490 e. The van der Waals surface area contributed by atoms with Gasteiger partial charge in [0, 0.05) is 6.07 Å². The smallest absolute Gasteiger partial charge is 0.407 e. The zero-order valence-electron chi connectivity index (χ0n) is 14.3. The molecule has 1 N–H and O–H groups in total. The molecule has 0 radical (unpaired) electrons. The molecule has 25 heavy (non-hydrogen) atoms. The number of nitrogens with one attached hydrogen (secondary N) is 1. The molecule has 0 spiro atoms. The van der Waals surface area contributed by atoms with Gasteiger partial charge in [0.15, 0.2) is 0 Å². The molecule has 2 aromatic carbocycles. The van der Waals surface area contributed by atoms with E-state index in [-0.39, 0.29) is 6.61 Å². The zero-order chi connectivity index (χ0) is 18.1. The highest BCUT2D eigenvalue weighted by atomic mass is 35.5. The van der Waals surface area contributed by atoms with Gasteiger partial charge in [-0.2, -0.15) is 0 Å². The zero-order valence-corrected chi connectivity index (χ0v) is 15.1. The lowest BCUT2D eigenvalue weighted by Gasteiger charge is -2.11. The van der Waals surface area contributed by atoms with Gasteiger partial charge >= 0.3 is 6.09 Å². The van der Waals surface area contributed by atoms with Crippen molar-refractivity contribution >= 4 is 17.7 Å². The van der Waals surface area contributed by atoms with Crippen molar-refractivity contribution in [1.29, 1.82) is 0 Å². The van der Waals surface area contributed by atoms with Crippen LogP contribution in [-0.2, 0) is 4.74 Å². The number of ether oxygens (including phenoxy) is 3. The molecule has 0 aliphatic heterocycles. The summed E-state index contributed by atoms with van der Waals surface area (Å²) in [6.07, 6.45) is -0.449. The van der Waals surface area contributed by atoms with E-state index < -0.39 is 6.09 Å². The van der Waals surface area contributed by atoms with Crippen LogP contribution >= 0.6 is 11.6 Å². The third-order valence-corrected chi connectivity index (χ3v) is 3.35. The van der Waals surface area contributed by atoms with E-state index in [2.05, 4.69) is 5.32 Å². The first kappa shape index (κ1) is 18.9. The van der Waals surface area contributed by atoms with Crippen molar-refractivity contribution in [3.8, 4) is 17.2 Å². The van der Waals surface area contributed by atoms with Crippen LogP contribution in [0.1, 0.15) is 13.8 Å². The Bertz CT molecular complexity index is 676. The van der Waals surface area contributed by atoms with E-state index in [9.17, 15) is 4.79 Å². The number of carbonyl (C=O) groups excluding carboxylic acids is 1. The first-order valence-electron chi connectivity index (χ1n) is 8.10. The van der Waals surface area contributed by atoms with E-state index in [1.165, 1.54) is 0 Å². The molecule has 6 heteroatoms. The topological polar surface area (TPSA) is 56.8 Å². The van der Waals surface area contributed by atoms with E-state index in [0.29, 0.717) is 35.6 Å². The van der Waals surface area contributed by atoms with Gasteiger partial charge in [0.25, 0.3) is 0 Å². The summed E-state index contributed by atoms with van der Waals surface area (Å²) in [4.78, 5) is 11.4. The Kier molecular flexibility index (Phi) is 7.41. The fourth-order valence-electron chi connectivity index (χ4n) is 1.89. The van der Waals surface area contributed by atoms with Gasteiger partial charge in [-0.3, -0.25) is 0 Å². The van der Waals surface area contributed by atoms with E-state index in [0.717, 1.165) is 5.75 Å². The van der Waals surface area contributed by atoms with Crippen molar-refractivity contribution in [3.63, 3.8) is 0 Å². The molecule has 2 rings (SSSR count). The summed E-state index contributed by atoms with van der Waals surface area (Å²) in [5.74, 6) is 2.19. The van der Waals surface area contributed by atoms with Crippen LogP contribution in [-0.4, -0.2) is 25.9 Å². The SMILES string of the molecule is CC(C)COC(=O)NCCOc1ccc(Oc2ccccc2)cc1Cl. The molecule has 134 valence electrons. The predicted molar refractivity (Wildman–Crippen MR) is 97.7 cm³/mol. The normalized spacial score (nSPS) is 10.4. The molecule has 0 atom stereocenters. The molecule has 0 bridgehead atoms. The Balaban J connectivity index is 1.76. The minimum atomic E-state index is -0.449. The van der Waals surface area contributed by atoms with Crippen molar-refractivity contribution in [3.05, 3.63) is 53.6 Å². The molecule has 0 aliphatic carbocycles. The molecule has 0 heterocycles. The maximum absolute atomic E-state index is 11.4. The van der Waals surface area contributed by atoms with Gasteiger partial charge in [-0.25, -0.2) is 4.79 Å². The Morgan fingerprint density at radius 1 is 1.12 bits per heavy atom. The third kappa shape index (κ3) is 6.93. The second-order valence-corrected chi connectivity index (χ2v) is 6.18. The van der Waals surface area contributed by atoms with Gasteiger partial charge in [0.2, 0.25) is 0 Å². The quantitative estimate of drug-likeness (QED) is 0.678. The standard InChI is InChI=1S/C19H22ClNO4/c1-14(2)13-24-19(22)21-10-11-23-18-9-8-16(12-17(18)20)25-15-6-4-3-5-7-15/h3-9,12,14H,10-11,13H2,1-2H3,(H,21,22). The summed E-state index contributed by atoms with van der Waals surface area (Å²) in [6, 6.07) is 14.6. The predicted octanol–water partition coefficient (Wildman–Crippen LogP) is 4.89. The van der Waals surface area contributed by atoms with Gasteiger partial charge in [-0.05, 0) is 30.2 Å². The molecular formula is C19H22ClNO4. The number of carbonyl (C=O) groups is 1. The minimum absolute atomic E-state index is 0.287. The van der Waals surface area contributed by atoms with Crippen molar-refractivity contribution < 1.29 is 19.0 Å². The highest BCUT2D eigenvalue weighted by molar-refractivity contribution is 6.32. The second-order valence-electron chi connectivity index (χ2n) is 5.77. The second kappa shape index (κ2) is 9.79. The largest absolute Gasteiger partial charge is 0.490 e. The number of hydrogen-bond donors (Lipinski definition) is 1. The summed E-state index contributed by atoms with van der Waals surface area (Å²) in [5.41, 5.74) is 0. The number of para-hydroxylation sites is 1. The summed E-state index contributed by atoms with van der Waals surface area (Å²) >= 11 is 6.20. The molecule has 1 amide bonds. The van der Waals surface area contributed by atoms with E-state index in [4.69, 9.17) is 25.8 Å². The molecule has 2 aromatic rings. The lowest BCUT2D eigenvalue weighted by Crippen LogP contribution is -2.29.